The van der Waals surface area contributed by atoms with E-state index in [2.05, 4.69) is 0 Å². The number of carbonyl (C=O) groups is 2. The van der Waals surface area contributed by atoms with Gasteiger partial charge in [0.1, 0.15) is 6.04 Å². The van der Waals surface area contributed by atoms with Gasteiger partial charge in [0.25, 0.3) is 0 Å². The molecular formula is C8H8F5NO3. The van der Waals surface area contributed by atoms with E-state index in [1.807, 2.05) is 0 Å². The Morgan fingerprint density at radius 2 is 1.65 bits per heavy atom. The van der Waals surface area contributed by atoms with Crippen LogP contribution in [0.4, 0.5) is 22.0 Å². The third-order valence-corrected chi connectivity index (χ3v) is 2.31. The summed E-state index contributed by atoms with van der Waals surface area (Å²) in [5, 5.41) is 9.27. The van der Waals surface area contributed by atoms with Crippen LogP contribution in [0.25, 0.3) is 0 Å². The molecule has 0 saturated heterocycles. The molecule has 0 aromatic carbocycles. The molecular weight excluding hydrogens is 253 g/mol. The summed E-state index contributed by atoms with van der Waals surface area (Å²) in [6.07, 6.45) is -5.00. The zero-order valence-corrected chi connectivity index (χ0v) is 8.22. The Kier molecular flexibility index (Phi) is 3.30. The predicted molar refractivity (Wildman–Crippen MR) is 43.3 cm³/mol. The molecule has 1 atom stereocenters. The molecule has 1 amide bonds. The molecule has 2 N–H and O–H groups in total. The number of rotatable bonds is 4. The highest BCUT2D eigenvalue weighted by atomic mass is 19.4. The van der Waals surface area contributed by atoms with E-state index in [0.29, 0.717) is 0 Å². The number of carboxylic acid groups (broad SMARTS) is 1. The normalized spacial score (nSPS) is 18.6. The summed E-state index contributed by atoms with van der Waals surface area (Å²) in [6.45, 7) is 0. The Morgan fingerprint density at radius 1 is 1.18 bits per heavy atom. The molecule has 0 bridgehead atoms. The Hall–Kier alpha value is -1.41. The average Bonchev–Trinajstić information content (AvgIpc) is 2.94. The van der Waals surface area contributed by atoms with Crippen molar-refractivity contribution in [3.63, 3.8) is 0 Å². The molecule has 1 unspecified atom stereocenters. The minimum Gasteiger partial charge on any atom is -0.477 e. The van der Waals surface area contributed by atoms with Crippen LogP contribution < -0.4 is 5.32 Å². The van der Waals surface area contributed by atoms with E-state index in [-0.39, 0.29) is 12.8 Å². The van der Waals surface area contributed by atoms with Crippen LogP contribution in [0.5, 0.6) is 0 Å². The Labute approximate surface area is 91.8 Å². The zero-order valence-electron chi connectivity index (χ0n) is 8.22. The monoisotopic (exact) mass is 261 g/mol. The highest BCUT2D eigenvalue weighted by Gasteiger charge is 2.56. The molecule has 1 aliphatic rings. The first-order valence-electron chi connectivity index (χ1n) is 4.55. The smallest absolute Gasteiger partial charge is 0.471 e. The van der Waals surface area contributed by atoms with E-state index in [9.17, 15) is 31.5 Å². The molecule has 0 radical (unpaired) electrons. The van der Waals surface area contributed by atoms with E-state index in [0.717, 1.165) is 5.32 Å². The van der Waals surface area contributed by atoms with Crippen LogP contribution in [0.2, 0.25) is 0 Å². The molecule has 0 spiro atoms. The van der Waals surface area contributed by atoms with Crippen molar-refractivity contribution in [2.45, 2.75) is 31.0 Å². The van der Waals surface area contributed by atoms with Gasteiger partial charge in [-0.15, -0.1) is 0 Å². The number of alkyl halides is 5. The van der Waals surface area contributed by atoms with Crippen molar-refractivity contribution in [1.29, 1.82) is 0 Å². The topological polar surface area (TPSA) is 66.4 Å². The van der Waals surface area contributed by atoms with E-state index in [4.69, 9.17) is 5.11 Å². The van der Waals surface area contributed by atoms with Crippen molar-refractivity contribution in [1.82, 2.24) is 5.32 Å². The van der Waals surface area contributed by atoms with Gasteiger partial charge >= 0.3 is 24.0 Å². The Morgan fingerprint density at radius 3 is 1.94 bits per heavy atom. The first-order valence-corrected chi connectivity index (χ1v) is 4.55. The summed E-state index contributed by atoms with van der Waals surface area (Å²) in [5.74, 6) is -10.5. The Bertz CT molecular complexity index is 337. The molecule has 1 fully saturated rings. The van der Waals surface area contributed by atoms with Gasteiger partial charge in [0.2, 0.25) is 0 Å². The van der Waals surface area contributed by atoms with Crippen molar-refractivity contribution in [3.8, 4) is 0 Å². The third-order valence-electron chi connectivity index (χ3n) is 2.31. The molecule has 0 heterocycles. The first-order chi connectivity index (χ1) is 7.56. The zero-order chi connectivity index (χ0) is 13.4. The number of carbonyl (C=O) groups excluding carboxylic acids is 1. The fourth-order valence-corrected chi connectivity index (χ4v) is 1.29. The van der Waals surface area contributed by atoms with Gasteiger partial charge in [-0.2, -0.15) is 22.0 Å². The average molecular weight is 261 g/mol. The summed E-state index contributed by atoms with van der Waals surface area (Å²) >= 11 is 0. The van der Waals surface area contributed by atoms with E-state index in [1.165, 1.54) is 0 Å². The lowest BCUT2D eigenvalue weighted by Crippen LogP contribution is -2.55. The van der Waals surface area contributed by atoms with Crippen LogP contribution >= 0.6 is 0 Å². The van der Waals surface area contributed by atoms with Crippen LogP contribution in [0.15, 0.2) is 0 Å². The van der Waals surface area contributed by atoms with Gasteiger partial charge in [-0.25, -0.2) is 4.79 Å². The fraction of sp³-hybridized carbons (Fsp3) is 0.750. The molecule has 4 nitrogen and oxygen atoms in total. The summed E-state index contributed by atoms with van der Waals surface area (Å²) in [4.78, 5) is 20.8. The highest BCUT2D eigenvalue weighted by Crippen LogP contribution is 2.40. The van der Waals surface area contributed by atoms with Crippen molar-refractivity contribution in [3.05, 3.63) is 0 Å². The lowest BCUT2D eigenvalue weighted by atomic mass is 10.1. The summed E-state index contributed by atoms with van der Waals surface area (Å²) in [6, 6.07) is -2.32. The van der Waals surface area contributed by atoms with Crippen molar-refractivity contribution in [2.24, 2.45) is 5.92 Å². The second kappa shape index (κ2) is 4.11. The lowest BCUT2D eigenvalue weighted by molar-refractivity contribution is -0.183. The number of aliphatic carboxylic acids is 1. The lowest BCUT2D eigenvalue weighted by Gasteiger charge is -2.24. The largest absolute Gasteiger partial charge is 0.477 e. The summed E-state index contributed by atoms with van der Waals surface area (Å²) in [5.41, 5.74) is 0. The van der Waals surface area contributed by atoms with Crippen LogP contribution in [-0.4, -0.2) is 35.1 Å². The summed E-state index contributed by atoms with van der Waals surface area (Å²) in [7, 11) is 0. The van der Waals surface area contributed by atoms with E-state index < -0.39 is 35.9 Å². The molecule has 1 aliphatic carbocycles. The standard InChI is InChI=1S/C8H8F5NO3/c9-7(10,6(16)17)4(3-1-2-3)14-5(15)8(11,12)13/h3-4H,1-2H2,(H,14,15)(H,16,17). The number of carboxylic acids is 1. The van der Waals surface area contributed by atoms with Gasteiger partial charge in [0.15, 0.2) is 0 Å². The molecule has 0 aromatic rings. The number of hydrogen-bond donors (Lipinski definition) is 2. The maximum absolute atomic E-state index is 13.1. The second-order valence-electron chi connectivity index (χ2n) is 3.71. The molecule has 17 heavy (non-hydrogen) atoms. The van der Waals surface area contributed by atoms with Crippen molar-refractivity contribution < 1.29 is 36.6 Å². The van der Waals surface area contributed by atoms with E-state index in [1.54, 1.807) is 0 Å². The number of halogens is 5. The molecule has 98 valence electrons. The van der Waals surface area contributed by atoms with Crippen LogP contribution in [0, 0.1) is 5.92 Å². The van der Waals surface area contributed by atoms with Gasteiger partial charge < -0.3 is 10.4 Å². The molecule has 1 saturated carbocycles. The van der Waals surface area contributed by atoms with Gasteiger partial charge in [-0.3, -0.25) is 4.79 Å². The van der Waals surface area contributed by atoms with E-state index >= 15 is 0 Å². The molecule has 9 heteroatoms. The number of nitrogens with one attached hydrogen (secondary N) is 1. The maximum atomic E-state index is 13.1. The van der Waals surface area contributed by atoms with Crippen molar-refractivity contribution >= 4 is 11.9 Å². The van der Waals surface area contributed by atoms with Crippen LogP contribution in [-0.2, 0) is 9.59 Å². The SMILES string of the molecule is O=C(NC(C1CC1)C(F)(F)C(=O)O)C(F)(F)F. The van der Waals surface area contributed by atoms with Gasteiger partial charge in [0, 0.05) is 0 Å². The minimum absolute atomic E-state index is 0.158. The quantitative estimate of drug-likeness (QED) is 0.746. The van der Waals surface area contributed by atoms with Gasteiger partial charge in [-0.1, -0.05) is 0 Å². The minimum atomic E-state index is -5.32. The predicted octanol–water partition coefficient (Wildman–Crippen LogP) is 1.16. The maximum Gasteiger partial charge on any atom is 0.471 e. The highest BCUT2D eigenvalue weighted by molar-refractivity contribution is 5.84. The van der Waals surface area contributed by atoms with Gasteiger partial charge in [-0.05, 0) is 18.8 Å². The Balaban J connectivity index is 2.81. The second-order valence-corrected chi connectivity index (χ2v) is 3.71. The molecule has 0 aromatic heterocycles. The molecule has 0 aliphatic heterocycles. The van der Waals surface area contributed by atoms with Crippen LogP contribution in [0.3, 0.4) is 0 Å². The van der Waals surface area contributed by atoms with Crippen molar-refractivity contribution in [2.75, 3.05) is 0 Å². The number of amides is 1. The fourth-order valence-electron chi connectivity index (χ4n) is 1.29. The van der Waals surface area contributed by atoms with Crippen LogP contribution in [0.1, 0.15) is 12.8 Å². The summed E-state index contributed by atoms with van der Waals surface area (Å²) < 4.78 is 61.8. The first kappa shape index (κ1) is 13.7. The third kappa shape index (κ3) is 3.04. The molecule has 1 rings (SSSR count). The number of hydrogen-bond acceptors (Lipinski definition) is 2. The van der Waals surface area contributed by atoms with Gasteiger partial charge in [0.05, 0.1) is 0 Å².